The first-order valence-electron chi connectivity index (χ1n) is 13.3. The standard InChI is InChI=1S/C29H46O3Si/c1-28(2,3)33(6,7)32-19-20-8-12-23-21(18-20)9-13-25-24(23)16-17-29(4)22(10-14-26(25)29)11-15-27(30)31-5/h8,12,18,22,24-26H,9-11,13-17,19H2,1-7H3/t22-,24-,25-,26+,29-/m1/s1. The maximum atomic E-state index is 11.7. The second kappa shape index (κ2) is 9.15. The Morgan fingerprint density at radius 1 is 1.15 bits per heavy atom. The van der Waals surface area contributed by atoms with Crippen LogP contribution in [0.5, 0.6) is 0 Å². The number of hydrogen-bond acceptors (Lipinski definition) is 3. The molecule has 3 nitrogen and oxygen atoms in total. The van der Waals surface area contributed by atoms with E-state index >= 15 is 0 Å². The van der Waals surface area contributed by atoms with Gasteiger partial charge in [-0.3, -0.25) is 4.79 Å². The van der Waals surface area contributed by atoms with E-state index in [0.717, 1.165) is 30.8 Å². The van der Waals surface area contributed by atoms with Gasteiger partial charge in [-0.2, -0.15) is 0 Å². The molecule has 0 saturated heterocycles. The molecule has 0 aromatic heterocycles. The highest BCUT2D eigenvalue weighted by Crippen LogP contribution is 2.63. The molecule has 1 aromatic carbocycles. The first kappa shape index (κ1) is 25.0. The van der Waals surface area contributed by atoms with Crippen LogP contribution in [0.3, 0.4) is 0 Å². The molecule has 0 aliphatic heterocycles. The number of ether oxygens (including phenoxy) is 1. The molecule has 0 unspecified atom stereocenters. The van der Waals surface area contributed by atoms with Crippen LogP contribution in [0.1, 0.15) is 95.2 Å². The largest absolute Gasteiger partial charge is 0.469 e. The van der Waals surface area contributed by atoms with Gasteiger partial charge >= 0.3 is 5.97 Å². The molecule has 4 heteroatoms. The molecule has 1 aromatic rings. The van der Waals surface area contributed by atoms with Crippen molar-refractivity contribution in [1.29, 1.82) is 0 Å². The number of methoxy groups -OCH3 is 1. The molecule has 5 atom stereocenters. The fourth-order valence-electron chi connectivity index (χ4n) is 7.18. The van der Waals surface area contributed by atoms with Crippen molar-refractivity contribution in [1.82, 2.24) is 0 Å². The second-order valence-corrected chi connectivity index (χ2v) is 17.7. The Morgan fingerprint density at radius 3 is 2.61 bits per heavy atom. The maximum Gasteiger partial charge on any atom is 0.305 e. The number of carbonyl (C=O) groups is 1. The van der Waals surface area contributed by atoms with Crippen LogP contribution in [0, 0.1) is 23.2 Å². The van der Waals surface area contributed by atoms with Gasteiger partial charge in [0.05, 0.1) is 13.7 Å². The van der Waals surface area contributed by atoms with E-state index in [9.17, 15) is 4.79 Å². The number of hydrogen-bond donors (Lipinski definition) is 0. The molecule has 0 heterocycles. The van der Waals surface area contributed by atoms with Crippen molar-refractivity contribution in [3.8, 4) is 0 Å². The summed E-state index contributed by atoms with van der Waals surface area (Å²) < 4.78 is 11.4. The quantitative estimate of drug-likeness (QED) is 0.316. The fraction of sp³-hybridized carbons (Fsp3) is 0.759. The molecule has 2 saturated carbocycles. The lowest BCUT2D eigenvalue weighted by Gasteiger charge is -2.51. The zero-order chi connectivity index (χ0) is 24.0. The van der Waals surface area contributed by atoms with Crippen LogP contribution in [-0.2, 0) is 27.0 Å². The molecule has 3 aliphatic carbocycles. The van der Waals surface area contributed by atoms with E-state index < -0.39 is 8.32 Å². The van der Waals surface area contributed by atoms with E-state index in [1.165, 1.54) is 51.2 Å². The highest BCUT2D eigenvalue weighted by atomic mass is 28.4. The summed E-state index contributed by atoms with van der Waals surface area (Å²) in [4.78, 5) is 11.7. The Hall–Kier alpha value is -1.13. The Bertz CT molecular complexity index is 870. The Labute approximate surface area is 203 Å². The second-order valence-electron chi connectivity index (χ2n) is 12.9. The number of carbonyl (C=O) groups excluding carboxylic acids is 1. The van der Waals surface area contributed by atoms with E-state index in [4.69, 9.17) is 9.16 Å². The van der Waals surface area contributed by atoms with Gasteiger partial charge in [0.2, 0.25) is 0 Å². The Morgan fingerprint density at radius 2 is 1.91 bits per heavy atom. The molecule has 4 rings (SSSR count). The topological polar surface area (TPSA) is 35.5 Å². The van der Waals surface area contributed by atoms with Crippen molar-refractivity contribution in [2.24, 2.45) is 23.2 Å². The van der Waals surface area contributed by atoms with E-state index in [1.807, 2.05) is 0 Å². The lowest BCUT2D eigenvalue weighted by molar-refractivity contribution is -0.141. The molecular formula is C29H46O3Si. The van der Waals surface area contributed by atoms with Crippen molar-refractivity contribution in [3.05, 3.63) is 34.9 Å². The third kappa shape index (κ3) is 4.71. The van der Waals surface area contributed by atoms with Crippen LogP contribution in [-0.4, -0.2) is 21.4 Å². The van der Waals surface area contributed by atoms with Gasteiger partial charge in [-0.05, 0) is 109 Å². The van der Waals surface area contributed by atoms with Gasteiger partial charge in [-0.15, -0.1) is 0 Å². The molecule has 0 radical (unpaired) electrons. The monoisotopic (exact) mass is 470 g/mol. The van der Waals surface area contributed by atoms with Gasteiger partial charge in [0.15, 0.2) is 8.32 Å². The van der Waals surface area contributed by atoms with E-state index in [-0.39, 0.29) is 11.0 Å². The van der Waals surface area contributed by atoms with Crippen LogP contribution in [0.4, 0.5) is 0 Å². The van der Waals surface area contributed by atoms with Gasteiger partial charge in [-0.1, -0.05) is 45.9 Å². The van der Waals surface area contributed by atoms with Gasteiger partial charge in [-0.25, -0.2) is 0 Å². The maximum absolute atomic E-state index is 11.7. The van der Waals surface area contributed by atoms with Crippen molar-refractivity contribution in [3.63, 3.8) is 0 Å². The minimum Gasteiger partial charge on any atom is -0.469 e. The fourth-order valence-corrected chi connectivity index (χ4v) is 8.14. The number of rotatable bonds is 6. The summed E-state index contributed by atoms with van der Waals surface area (Å²) in [5, 5.41) is 0.249. The molecule has 2 fully saturated rings. The molecule has 0 amide bonds. The average Bonchev–Trinajstić information content (AvgIpc) is 3.11. The highest BCUT2D eigenvalue weighted by Gasteiger charge is 2.54. The van der Waals surface area contributed by atoms with Crippen LogP contribution in [0.25, 0.3) is 0 Å². The summed E-state index contributed by atoms with van der Waals surface area (Å²) in [5.41, 5.74) is 4.96. The van der Waals surface area contributed by atoms with Crippen molar-refractivity contribution in [2.45, 2.75) is 110 Å². The normalized spacial score (nSPS) is 31.5. The molecule has 3 aliphatic rings. The predicted molar refractivity (Wildman–Crippen MR) is 138 cm³/mol. The molecular weight excluding hydrogens is 424 g/mol. The van der Waals surface area contributed by atoms with Crippen molar-refractivity contribution < 1.29 is 14.0 Å². The molecule has 0 spiro atoms. The van der Waals surface area contributed by atoms with Gasteiger partial charge in [0.25, 0.3) is 0 Å². The van der Waals surface area contributed by atoms with Crippen molar-refractivity contribution in [2.75, 3.05) is 7.11 Å². The summed E-state index contributed by atoms with van der Waals surface area (Å²) in [6.45, 7) is 14.9. The van der Waals surface area contributed by atoms with Crippen LogP contribution < -0.4 is 0 Å². The highest BCUT2D eigenvalue weighted by molar-refractivity contribution is 6.74. The number of aryl methyl sites for hydroxylation is 1. The summed E-state index contributed by atoms with van der Waals surface area (Å²) in [6, 6.07) is 7.25. The van der Waals surface area contributed by atoms with Crippen LogP contribution in [0.2, 0.25) is 18.1 Å². The summed E-state index contributed by atoms with van der Waals surface area (Å²) in [7, 11) is -0.216. The predicted octanol–water partition coefficient (Wildman–Crippen LogP) is 7.63. The molecule has 33 heavy (non-hydrogen) atoms. The number of benzene rings is 1. The average molecular weight is 471 g/mol. The molecule has 0 bridgehead atoms. The Balaban J connectivity index is 1.45. The molecule has 0 N–H and O–H groups in total. The lowest BCUT2D eigenvalue weighted by atomic mass is 9.54. The number of fused-ring (bicyclic) bond motifs is 5. The van der Waals surface area contributed by atoms with Gasteiger partial charge in [0.1, 0.15) is 0 Å². The van der Waals surface area contributed by atoms with Crippen molar-refractivity contribution >= 4 is 14.3 Å². The first-order valence-corrected chi connectivity index (χ1v) is 16.2. The zero-order valence-electron chi connectivity index (χ0n) is 22.1. The minimum atomic E-state index is -1.73. The minimum absolute atomic E-state index is 0.0457. The first-order chi connectivity index (χ1) is 15.5. The Kier molecular flexibility index (Phi) is 6.92. The summed E-state index contributed by atoms with van der Waals surface area (Å²) in [5.74, 6) is 2.98. The van der Waals surface area contributed by atoms with E-state index in [1.54, 1.807) is 11.1 Å². The summed E-state index contributed by atoms with van der Waals surface area (Å²) >= 11 is 0. The van der Waals surface area contributed by atoms with E-state index in [0.29, 0.717) is 17.8 Å². The van der Waals surface area contributed by atoms with E-state index in [2.05, 4.69) is 59.0 Å². The van der Waals surface area contributed by atoms with Crippen LogP contribution in [0.15, 0.2) is 18.2 Å². The SMILES string of the molecule is COC(=O)CC[C@H]1CC[C@H]2[C@@H]3CCc4cc(CO[Si](C)(C)C(C)(C)C)ccc4[C@H]3CC[C@]12C. The lowest BCUT2D eigenvalue weighted by Crippen LogP contribution is -2.42. The van der Waals surface area contributed by atoms with Gasteiger partial charge < -0.3 is 9.16 Å². The molecule has 184 valence electrons. The third-order valence-corrected chi connectivity index (χ3v) is 14.8. The van der Waals surface area contributed by atoms with Gasteiger partial charge in [0, 0.05) is 6.42 Å². The number of esters is 1. The summed E-state index contributed by atoms with van der Waals surface area (Å²) in [6.07, 6.45) is 9.37. The zero-order valence-corrected chi connectivity index (χ0v) is 23.1. The van der Waals surface area contributed by atoms with Crippen LogP contribution >= 0.6 is 0 Å². The smallest absolute Gasteiger partial charge is 0.305 e. The third-order valence-electron chi connectivity index (χ3n) is 10.3.